The standard InChI is InChI=1S/C26H30N2O5/c1-2-18(11-12-24(29)28-14-17(15-28)13-25(30)31)27-26(32)33-16-23-21-9-5-3-7-19(21)20-8-4-6-10-22(20)23/h3-10,17-18,23H,2,11-16H2,1H3,(H,27,32)(H,30,31). The van der Waals surface area contributed by atoms with Crippen LogP contribution in [0.4, 0.5) is 4.79 Å². The Morgan fingerprint density at radius 1 is 1.06 bits per heavy atom. The maximum Gasteiger partial charge on any atom is 0.407 e. The summed E-state index contributed by atoms with van der Waals surface area (Å²) in [7, 11) is 0. The number of aliphatic carboxylic acids is 1. The molecule has 1 aliphatic carbocycles. The fourth-order valence-electron chi connectivity index (χ4n) is 4.79. The SMILES string of the molecule is CCC(CCC(=O)N1CC(CC(=O)O)C1)NC(=O)OCC1c2ccccc2-c2ccccc21. The molecule has 7 heteroatoms. The van der Waals surface area contributed by atoms with E-state index < -0.39 is 12.1 Å². The van der Waals surface area contributed by atoms with Crippen molar-refractivity contribution < 1.29 is 24.2 Å². The Balaban J connectivity index is 1.25. The highest BCUT2D eigenvalue weighted by molar-refractivity contribution is 5.79. The Morgan fingerprint density at radius 3 is 2.24 bits per heavy atom. The molecule has 2 N–H and O–H groups in total. The molecule has 2 aromatic carbocycles. The van der Waals surface area contributed by atoms with Crippen LogP contribution in [0.2, 0.25) is 0 Å². The summed E-state index contributed by atoms with van der Waals surface area (Å²) in [6.45, 7) is 3.23. The lowest BCUT2D eigenvalue weighted by Gasteiger charge is -2.38. The van der Waals surface area contributed by atoms with Crippen LogP contribution in [-0.4, -0.2) is 53.7 Å². The molecule has 1 aliphatic heterocycles. The van der Waals surface area contributed by atoms with Crippen LogP contribution < -0.4 is 5.32 Å². The number of ether oxygens (including phenoxy) is 1. The van der Waals surface area contributed by atoms with Gasteiger partial charge in [0.15, 0.2) is 0 Å². The molecule has 2 aromatic rings. The molecule has 0 bridgehead atoms. The Kier molecular flexibility index (Phi) is 6.96. The monoisotopic (exact) mass is 450 g/mol. The van der Waals surface area contributed by atoms with Gasteiger partial charge in [0, 0.05) is 37.4 Å². The second-order valence-corrected chi connectivity index (χ2v) is 8.88. The molecule has 33 heavy (non-hydrogen) atoms. The zero-order chi connectivity index (χ0) is 23.4. The van der Waals surface area contributed by atoms with E-state index in [1.165, 1.54) is 22.3 Å². The van der Waals surface area contributed by atoms with E-state index in [1.807, 2.05) is 31.2 Å². The predicted octanol–water partition coefficient (Wildman–Crippen LogP) is 4.02. The van der Waals surface area contributed by atoms with E-state index in [0.29, 0.717) is 32.4 Å². The summed E-state index contributed by atoms with van der Waals surface area (Å²) in [6.07, 6.45) is 1.17. The first kappa shape index (κ1) is 22.8. The minimum Gasteiger partial charge on any atom is -0.481 e. The molecule has 174 valence electrons. The number of likely N-dealkylation sites (tertiary alicyclic amines) is 1. The number of carboxylic acid groups (broad SMARTS) is 1. The van der Waals surface area contributed by atoms with Gasteiger partial charge in [-0.3, -0.25) is 9.59 Å². The van der Waals surface area contributed by atoms with E-state index >= 15 is 0 Å². The lowest BCUT2D eigenvalue weighted by atomic mass is 9.95. The van der Waals surface area contributed by atoms with Crippen molar-refractivity contribution in [3.8, 4) is 11.1 Å². The normalized spacial score (nSPS) is 15.8. The van der Waals surface area contributed by atoms with Crippen LogP contribution >= 0.6 is 0 Å². The molecule has 0 spiro atoms. The Hall–Kier alpha value is -3.35. The van der Waals surface area contributed by atoms with Crippen LogP contribution in [0.1, 0.15) is 49.7 Å². The highest BCUT2D eigenvalue weighted by Gasteiger charge is 2.32. The second-order valence-electron chi connectivity index (χ2n) is 8.88. The lowest BCUT2D eigenvalue weighted by molar-refractivity contribution is -0.145. The number of nitrogens with zero attached hydrogens (tertiary/aromatic N) is 1. The first-order valence-electron chi connectivity index (χ1n) is 11.6. The summed E-state index contributed by atoms with van der Waals surface area (Å²) in [6, 6.07) is 16.3. The largest absolute Gasteiger partial charge is 0.481 e. The average Bonchev–Trinajstić information content (AvgIpc) is 3.10. The predicted molar refractivity (Wildman–Crippen MR) is 124 cm³/mol. The number of alkyl carbamates (subject to hydrolysis) is 1. The zero-order valence-electron chi connectivity index (χ0n) is 18.8. The summed E-state index contributed by atoms with van der Waals surface area (Å²) in [5.74, 6) is -0.766. The maximum atomic E-state index is 12.5. The number of carboxylic acids is 1. The third kappa shape index (κ3) is 5.18. The summed E-state index contributed by atoms with van der Waals surface area (Å²) in [5, 5.41) is 11.7. The Labute approximate surface area is 193 Å². The van der Waals surface area contributed by atoms with Crippen molar-refractivity contribution in [2.75, 3.05) is 19.7 Å². The molecular weight excluding hydrogens is 420 g/mol. The highest BCUT2D eigenvalue weighted by atomic mass is 16.5. The van der Waals surface area contributed by atoms with Gasteiger partial charge >= 0.3 is 12.1 Å². The van der Waals surface area contributed by atoms with E-state index in [9.17, 15) is 14.4 Å². The first-order chi connectivity index (χ1) is 16.0. The number of rotatable bonds is 9. The average molecular weight is 451 g/mol. The third-order valence-corrected chi connectivity index (χ3v) is 6.64. The maximum absolute atomic E-state index is 12.5. The van der Waals surface area contributed by atoms with Crippen LogP contribution in [-0.2, 0) is 14.3 Å². The molecule has 4 rings (SSSR count). The van der Waals surface area contributed by atoms with Crippen LogP contribution in [0, 0.1) is 5.92 Å². The van der Waals surface area contributed by atoms with Gasteiger partial charge in [-0.15, -0.1) is 0 Å². The van der Waals surface area contributed by atoms with Gasteiger partial charge < -0.3 is 20.1 Å². The first-order valence-corrected chi connectivity index (χ1v) is 11.6. The van der Waals surface area contributed by atoms with Crippen molar-refractivity contribution in [3.05, 3.63) is 59.7 Å². The smallest absolute Gasteiger partial charge is 0.407 e. The number of carbonyl (C=O) groups is 3. The van der Waals surface area contributed by atoms with Gasteiger partial charge in [-0.25, -0.2) is 4.79 Å². The number of nitrogens with one attached hydrogen (secondary N) is 1. The van der Waals surface area contributed by atoms with Gasteiger partial charge in [0.2, 0.25) is 5.91 Å². The van der Waals surface area contributed by atoms with Crippen LogP contribution in [0.3, 0.4) is 0 Å². The molecule has 1 saturated heterocycles. The lowest BCUT2D eigenvalue weighted by Crippen LogP contribution is -2.50. The molecule has 0 saturated carbocycles. The fourth-order valence-corrected chi connectivity index (χ4v) is 4.79. The number of fused-ring (bicyclic) bond motifs is 3. The van der Waals surface area contributed by atoms with Gasteiger partial charge in [-0.1, -0.05) is 55.5 Å². The fraction of sp³-hybridized carbons (Fsp3) is 0.423. The third-order valence-electron chi connectivity index (χ3n) is 6.64. The van der Waals surface area contributed by atoms with Crippen molar-refractivity contribution in [1.82, 2.24) is 10.2 Å². The van der Waals surface area contributed by atoms with Crippen molar-refractivity contribution in [2.45, 2.75) is 44.6 Å². The summed E-state index contributed by atoms with van der Waals surface area (Å²) in [4.78, 5) is 37.3. The van der Waals surface area contributed by atoms with Crippen molar-refractivity contribution in [3.63, 3.8) is 0 Å². The van der Waals surface area contributed by atoms with Crippen LogP contribution in [0.5, 0.6) is 0 Å². The molecule has 1 fully saturated rings. The van der Waals surface area contributed by atoms with Crippen molar-refractivity contribution in [1.29, 1.82) is 0 Å². The highest BCUT2D eigenvalue weighted by Crippen LogP contribution is 2.44. The molecule has 1 heterocycles. The van der Waals surface area contributed by atoms with Gasteiger partial charge in [0.1, 0.15) is 6.61 Å². The molecular formula is C26H30N2O5. The van der Waals surface area contributed by atoms with Crippen LogP contribution in [0.25, 0.3) is 11.1 Å². The molecule has 0 aromatic heterocycles. The quantitative estimate of drug-likeness (QED) is 0.602. The number of carbonyl (C=O) groups excluding carboxylic acids is 2. The van der Waals surface area contributed by atoms with E-state index in [2.05, 4.69) is 29.6 Å². The van der Waals surface area contributed by atoms with Gasteiger partial charge in [-0.05, 0) is 35.1 Å². The number of amides is 2. The Bertz CT molecular complexity index is 985. The number of hydrogen-bond acceptors (Lipinski definition) is 4. The molecule has 2 amide bonds. The molecule has 2 aliphatic rings. The number of hydrogen-bond donors (Lipinski definition) is 2. The van der Waals surface area contributed by atoms with E-state index in [-0.39, 0.29) is 36.8 Å². The van der Waals surface area contributed by atoms with Gasteiger partial charge in [-0.2, -0.15) is 0 Å². The molecule has 0 radical (unpaired) electrons. The van der Waals surface area contributed by atoms with E-state index in [0.717, 1.165) is 0 Å². The second kappa shape index (κ2) is 10.1. The van der Waals surface area contributed by atoms with Crippen molar-refractivity contribution in [2.24, 2.45) is 5.92 Å². The molecule has 1 atom stereocenters. The Morgan fingerprint density at radius 2 is 1.67 bits per heavy atom. The van der Waals surface area contributed by atoms with Crippen molar-refractivity contribution >= 4 is 18.0 Å². The zero-order valence-corrected chi connectivity index (χ0v) is 18.8. The van der Waals surface area contributed by atoms with E-state index in [4.69, 9.17) is 9.84 Å². The summed E-state index contributed by atoms with van der Waals surface area (Å²) in [5.41, 5.74) is 4.70. The van der Waals surface area contributed by atoms with E-state index in [1.54, 1.807) is 4.90 Å². The van der Waals surface area contributed by atoms with Crippen LogP contribution in [0.15, 0.2) is 48.5 Å². The van der Waals surface area contributed by atoms with Gasteiger partial charge in [0.25, 0.3) is 0 Å². The minimum absolute atomic E-state index is 0.00410. The van der Waals surface area contributed by atoms with Gasteiger partial charge in [0.05, 0.1) is 6.42 Å². The molecule has 1 unspecified atom stereocenters. The summed E-state index contributed by atoms with van der Waals surface area (Å²) >= 11 is 0. The molecule has 7 nitrogen and oxygen atoms in total. The topological polar surface area (TPSA) is 95.9 Å². The summed E-state index contributed by atoms with van der Waals surface area (Å²) < 4.78 is 5.61. The number of benzene rings is 2. The minimum atomic E-state index is -0.828.